The quantitative estimate of drug-likeness (QED) is 0.749. The summed E-state index contributed by atoms with van der Waals surface area (Å²) >= 11 is 0. The fourth-order valence-corrected chi connectivity index (χ4v) is 5.21. The Hall–Kier alpha value is -2.28. The second-order valence-electron chi connectivity index (χ2n) is 9.56. The topological polar surface area (TPSA) is 53.0 Å². The molecule has 2 aromatic carbocycles. The Morgan fingerprint density at radius 1 is 1.16 bits per heavy atom. The summed E-state index contributed by atoms with van der Waals surface area (Å²) in [4.78, 5) is 17.7. The Morgan fingerprint density at radius 3 is 2.56 bits per heavy atom. The highest BCUT2D eigenvalue weighted by Gasteiger charge is 2.48. The molecule has 1 amide bonds. The lowest BCUT2D eigenvalue weighted by molar-refractivity contribution is -0.141. The van der Waals surface area contributed by atoms with Crippen LogP contribution in [0, 0.1) is 12.7 Å². The Labute approximate surface area is 189 Å². The first-order chi connectivity index (χ1) is 15.3. The molecule has 0 saturated carbocycles. The molecule has 2 fully saturated rings. The summed E-state index contributed by atoms with van der Waals surface area (Å²) in [6, 6.07) is 14.6. The van der Waals surface area contributed by atoms with Gasteiger partial charge in [0.15, 0.2) is 0 Å². The van der Waals surface area contributed by atoms with Gasteiger partial charge in [0.25, 0.3) is 0 Å². The van der Waals surface area contributed by atoms with Crippen LogP contribution in [0.5, 0.6) is 0 Å². The smallest absolute Gasteiger partial charge is 0.233 e. The first-order valence-corrected chi connectivity index (χ1v) is 11.4. The van der Waals surface area contributed by atoms with Crippen molar-refractivity contribution in [1.82, 2.24) is 9.80 Å². The summed E-state index contributed by atoms with van der Waals surface area (Å²) in [5.74, 6) is -0.154. The second kappa shape index (κ2) is 9.30. The molecule has 1 unspecified atom stereocenters. The van der Waals surface area contributed by atoms with Crippen LogP contribution in [0.25, 0.3) is 0 Å². The minimum atomic E-state index is -0.955. The molecular formula is C26H33FN2O3. The normalized spacial score (nSPS) is 23.0. The molecule has 0 aliphatic carbocycles. The van der Waals surface area contributed by atoms with E-state index in [9.17, 15) is 14.3 Å². The van der Waals surface area contributed by atoms with Gasteiger partial charge in [-0.25, -0.2) is 4.39 Å². The maximum atomic E-state index is 13.8. The molecule has 0 radical (unpaired) electrons. The van der Waals surface area contributed by atoms with E-state index in [4.69, 9.17) is 4.74 Å². The summed E-state index contributed by atoms with van der Waals surface area (Å²) in [5.41, 5.74) is 1.64. The van der Waals surface area contributed by atoms with Crippen LogP contribution in [0.4, 0.5) is 4.39 Å². The van der Waals surface area contributed by atoms with Crippen molar-refractivity contribution in [3.05, 3.63) is 71.0 Å². The molecule has 2 heterocycles. The van der Waals surface area contributed by atoms with E-state index in [1.165, 1.54) is 12.1 Å². The highest BCUT2D eigenvalue weighted by atomic mass is 19.1. The van der Waals surface area contributed by atoms with E-state index >= 15 is 0 Å². The number of β-amino-alcohol motifs (C(OH)–C–C–N with tert-alkyl or cyclic N) is 1. The number of hydrogen-bond donors (Lipinski definition) is 1. The van der Waals surface area contributed by atoms with Crippen LogP contribution in [0.15, 0.2) is 48.5 Å². The van der Waals surface area contributed by atoms with Crippen LogP contribution in [0.3, 0.4) is 0 Å². The zero-order valence-corrected chi connectivity index (χ0v) is 19.0. The number of ether oxygens (including phenoxy) is 1. The fraction of sp³-hybridized carbons (Fsp3) is 0.500. The van der Waals surface area contributed by atoms with Gasteiger partial charge in [0.2, 0.25) is 5.91 Å². The van der Waals surface area contributed by atoms with Gasteiger partial charge in [0.1, 0.15) is 5.82 Å². The number of likely N-dealkylation sites (tertiary alicyclic amines) is 1. The van der Waals surface area contributed by atoms with Gasteiger partial charge in [-0.2, -0.15) is 0 Å². The monoisotopic (exact) mass is 440 g/mol. The predicted octanol–water partition coefficient (Wildman–Crippen LogP) is 3.28. The van der Waals surface area contributed by atoms with Crippen molar-refractivity contribution in [2.75, 3.05) is 39.9 Å². The molecule has 2 saturated heterocycles. The van der Waals surface area contributed by atoms with E-state index < -0.39 is 11.0 Å². The Bertz CT molecular complexity index is 942. The van der Waals surface area contributed by atoms with E-state index in [-0.39, 0.29) is 11.7 Å². The van der Waals surface area contributed by atoms with E-state index in [1.54, 1.807) is 12.1 Å². The third-order valence-electron chi connectivity index (χ3n) is 6.88. The lowest BCUT2D eigenvalue weighted by Crippen LogP contribution is -2.51. The lowest BCUT2D eigenvalue weighted by Gasteiger charge is -2.39. The number of hydrogen-bond acceptors (Lipinski definition) is 4. The number of benzene rings is 2. The second-order valence-corrected chi connectivity index (χ2v) is 9.56. The number of nitrogens with zero attached hydrogens (tertiary/aromatic N) is 2. The SMILES string of the molecule is Cc1cccc(C2(C(=O)N3CCC(O)(CN(C)Cc4ccc(F)cc4)C3)CCOCC2)c1. The highest BCUT2D eigenvalue weighted by molar-refractivity contribution is 5.89. The van der Waals surface area contributed by atoms with E-state index in [0.29, 0.717) is 58.7 Å². The fourth-order valence-electron chi connectivity index (χ4n) is 5.21. The van der Waals surface area contributed by atoms with Crippen LogP contribution in [0.2, 0.25) is 0 Å². The van der Waals surface area contributed by atoms with Crippen molar-refractivity contribution >= 4 is 5.91 Å². The molecule has 0 aromatic heterocycles. The van der Waals surface area contributed by atoms with Gasteiger partial charge >= 0.3 is 0 Å². The third kappa shape index (κ3) is 4.87. The number of carbonyl (C=O) groups is 1. The van der Waals surface area contributed by atoms with E-state index in [2.05, 4.69) is 12.1 Å². The van der Waals surface area contributed by atoms with Gasteiger partial charge in [-0.05, 0) is 56.5 Å². The van der Waals surface area contributed by atoms with Gasteiger partial charge in [-0.15, -0.1) is 0 Å². The number of amides is 1. The van der Waals surface area contributed by atoms with Crippen molar-refractivity contribution in [3.8, 4) is 0 Å². The molecule has 6 heteroatoms. The molecule has 172 valence electrons. The van der Waals surface area contributed by atoms with Crippen LogP contribution >= 0.6 is 0 Å². The van der Waals surface area contributed by atoms with E-state index in [0.717, 1.165) is 16.7 Å². The predicted molar refractivity (Wildman–Crippen MR) is 122 cm³/mol. The molecule has 1 atom stereocenters. The number of halogens is 1. The largest absolute Gasteiger partial charge is 0.387 e. The first-order valence-electron chi connectivity index (χ1n) is 11.4. The van der Waals surface area contributed by atoms with Crippen molar-refractivity contribution in [3.63, 3.8) is 0 Å². The number of aryl methyl sites for hydroxylation is 1. The van der Waals surface area contributed by atoms with Gasteiger partial charge in [-0.1, -0.05) is 42.0 Å². The zero-order chi connectivity index (χ0) is 22.8. The van der Waals surface area contributed by atoms with Crippen LogP contribution in [-0.2, 0) is 21.5 Å². The first kappa shape index (κ1) is 22.9. The molecule has 2 aliphatic heterocycles. The maximum Gasteiger partial charge on any atom is 0.233 e. The van der Waals surface area contributed by atoms with Gasteiger partial charge in [-0.3, -0.25) is 9.69 Å². The third-order valence-corrected chi connectivity index (χ3v) is 6.88. The van der Waals surface area contributed by atoms with Crippen molar-refractivity contribution < 1.29 is 19.0 Å². The van der Waals surface area contributed by atoms with Crippen LogP contribution in [-0.4, -0.2) is 66.3 Å². The van der Waals surface area contributed by atoms with Gasteiger partial charge < -0.3 is 14.7 Å². The summed E-state index contributed by atoms with van der Waals surface area (Å²) in [6.07, 6.45) is 1.87. The number of rotatable bonds is 6. The number of likely N-dealkylation sites (N-methyl/N-ethyl adjacent to an activating group) is 1. The van der Waals surface area contributed by atoms with Crippen molar-refractivity contribution in [2.45, 2.75) is 43.7 Å². The average molecular weight is 441 g/mol. The number of carbonyl (C=O) groups excluding carboxylic acids is 1. The average Bonchev–Trinajstić information content (AvgIpc) is 3.16. The Kier molecular flexibility index (Phi) is 6.65. The highest BCUT2D eigenvalue weighted by Crippen LogP contribution is 2.39. The minimum Gasteiger partial charge on any atom is -0.387 e. The lowest BCUT2D eigenvalue weighted by atomic mass is 9.72. The minimum absolute atomic E-state index is 0.100. The van der Waals surface area contributed by atoms with E-state index in [1.807, 2.05) is 35.9 Å². The molecule has 4 rings (SSSR count). The molecule has 32 heavy (non-hydrogen) atoms. The zero-order valence-electron chi connectivity index (χ0n) is 19.0. The van der Waals surface area contributed by atoms with Crippen molar-refractivity contribution in [2.24, 2.45) is 0 Å². The summed E-state index contributed by atoms with van der Waals surface area (Å²) < 4.78 is 18.8. The Balaban J connectivity index is 1.45. The molecule has 2 aliphatic rings. The summed E-state index contributed by atoms with van der Waals surface area (Å²) in [6.45, 7) is 5.13. The molecule has 2 aromatic rings. The molecule has 0 bridgehead atoms. The standard InChI is InChI=1S/C26H33FN2O3/c1-20-4-3-5-22(16-20)26(11-14-32-15-12-26)24(30)29-13-10-25(31,19-29)18-28(2)17-21-6-8-23(27)9-7-21/h3-9,16,31H,10-15,17-19H2,1-2H3. The molecule has 5 nitrogen and oxygen atoms in total. The van der Waals surface area contributed by atoms with Crippen LogP contribution < -0.4 is 0 Å². The Morgan fingerprint density at radius 2 is 1.88 bits per heavy atom. The van der Waals surface area contributed by atoms with Gasteiger partial charge in [0, 0.05) is 32.8 Å². The molecular weight excluding hydrogens is 407 g/mol. The summed E-state index contributed by atoms with van der Waals surface area (Å²) in [7, 11) is 1.94. The van der Waals surface area contributed by atoms with Crippen LogP contribution in [0.1, 0.15) is 36.0 Å². The molecule has 1 N–H and O–H groups in total. The number of aliphatic hydroxyl groups is 1. The van der Waals surface area contributed by atoms with Crippen molar-refractivity contribution in [1.29, 1.82) is 0 Å². The van der Waals surface area contributed by atoms with Gasteiger partial charge in [0.05, 0.1) is 17.6 Å². The molecule has 0 spiro atoms. The maximum absolute atomic E-state index is 13.8. The summed E-state index contributed by atoms with van der Waals surface area (Å²) in [5, 5.41) is 11.3.